The Kier molecular flexibility index (Phi) is 4.99. The van der Waals surface area contributed by atoms with Gasteiger partial charge in [-0.1, -0.05) is 47.7 Å². The first-order valence-corrected chi connectivity index (χ1v) is 8.98. The average Bonchev–Trinajstić information content (AvgIpc) is 3.04. The zero-order chi connectivity index (χ0) is 18.0. The molecule has 1 atom stereocenters. The highest BCUT2D eigenvalue weighted by Crippen LogP contribution is 2.27. The van der Waals surface area contributed by atoms with E-state index in [2.05, 4.69) is 15.5 Å². The molecule has 128 valence electrons. The van der Waals surface area contributed by atoms with Gasteiger partial charge in [-0.05, 0) is 61.4 Å². The lowest BCUT2D eigenvalue weighted by atomic mass is 10.0. The van der Waals surface area contributed by atoms with Crippen molar-refractivity contribution in [3.05, 3.63) is 64.7 Å². The van der Waals surface area contributed by atoms with Gasteiger partial charge in [0, 0.05) is 5.56 Å². The van der Waals surface area contributed by atoms with Crippen LogP contribution in [0.1, 0.15) is 34.0 Å². The van der Waals surface area contributed by atoms with Gasteiger partial charge in [0.15, 0.2) is 5.78 Å². The summed E-state index contributed by atoms with van der Waals surface area (Å²) in [5.74, 6) is 0.0885. The average molecular weight is 352 g/mol. The van der Waals surface area contributed by atoms with Crippen LogP contribution in [0.2, 0.25) is 0 Å². The Morgan fingerprint density at radius 1 is 1.08 bits per heavy atom. The van der Waals surface area contributed by atoms with Crippen molar-refractivity contribution in [2.24, 2.45) is 0 Å². The second-order valence-electron chi connectivity index (χ2n) is 6.10. The van der Waals surface area contributed by atoms with Gasteiger partial charge in [0.1, 0.15) is 0 Å². The zero-order valence-corrected chi connectivity index (χ0v) is 15.5. The molecule has 0 aliphatic carbocycles. The lowest BCUT2D eigenvalue weighted by molar-refractivity contribution is 0.0993. The van der Waals surface area contributed by atoms with Crippen LogP contribution in [0, 0.1) is 20.8 Å². The van der Waals surface area contributed by atoms with Crippen LogP contribution in [0.25, 0.3) is 5.69 Å². The molecule has 1 heterocycles. The number of rotatable bonds is 5. The molecule has 6 heteroatoms. The standard InChI is InChI=1S/C19H20N4OS/c1-12-9-10-13(2)16(11-12)18(24)15(4)25-19-20-21-22-23(19)17-8-6-5-7-14(17)3/h5-11,15H,1-4H3/t15-/m1/s1. The van der Waals surface area contributed by atoms with Crippen LogP contribution in [0.4, 0.5) is 0 Å². The normalized spacial score (nSPS) is 12.2. The summed E-state index contributed by atoms with van der Waals surface area (Å²) in [6.07, 6.45) is 0. The third kappa shape index (κ3) is 3.64. The number of nitrogens with zero attached hydrogens (tertiary/aromatic N) is 4. The highest BCUT2D eigenvalue weighted by molar-refractivity contribution is 8.00. The molecule has 0 saturated carbocycles. The molecule has 0 N–H and O–H groups in total. The van der Waals surface area contributed by atoms with E-state index in [-0.39, 0.29) is 11.0 Å². The number of hydrogen-bond acceptors (Lipinski definition) is 5. The summed E-state index contributed by atoms with van der Waals surface area (Å²) in [7, 11) is 0. The SMILES string of the molecule is Cc1ccc(C)c(C(=O)[C@@H](C)Sc2nnnn2-c2ccccc2C)c1. The van der Waals surface area contributed by atoms with E-state index in [1.165, 1.54) is 11.8 Å². The first kappa shape index (κ1) is 17.4. The van der Waals surface area contributed by atoms with E-state index >= 15 is 0 Å². The molecule has 0 saturated heterocycles. The van der Waals surface area contributed by atoms with Crippen molar-refractivity contribution in [3.63, 3.8) is 0 Å². The van der Waals surface area contributed by atoms with Crippen LogP contribution < -0.4 is 0 Å². The molecule has 0 fully saturated rings. The van der Waals surface area contributed by atoms with E-state index in [1.54, 1.807) is 4.68 Å². The number of ketones is 1. The first-order chi connectivity index (χ1) is 12.0. The minimum absolute atomic E-state index is 0.0885. The predicted molar refractivity (Wildman–Crippen MR) is 99.5 cm³/mol. The lowest BCUT2D eigenvalue weighted by Gasteiger charge is -2.13. The van der Waals surface area contributed by atoms with E-state index in [1.807, 2.05) is 70.2 Å². The number of Topliss-reactive ketones (excluding diaryl/α,β-unsaturated/α-hetero) is 1. The minimum Gasteiger partial charge on any atom is -0.293 e. The van der Waals surface area contributed by atoms with E-state index < -0.39 is 0 Å². The molecule has 0 spiro atoms. The van der Waals surface area contributed by atoms with Crippen molar-refractivity contribution < 1.29 is 4.79 Å². The van der Waals surface area contributed by atoms with Gasteiger partial charge in [0.25, 0.3) is 0 Å². The third-order valence-electron chi connectivity index (χ3n) is 4.09. The van der Waals surface area contributed by atoms with Gasteiger partial charge in [-0.15, -0.1) is 5.10 Å². The van der Waals surface area contributed by atoms with E-state index in [4.69, 9.17) is 0 Å². The van der Waals surface area contributed by atoms with Crippen LogP contribution in [-0.4, -0.2) is 31.2 Å². The summed E-state index contributed by atoms with van der Waals surface area (Å²) in [5.41, 5.74) is 4.82. The zero-order valence-electron chi connectivity index (χ0n) is 14.7. The quantitative estimate of drug-likeness (QED) is 0.514. The summed E-state index contributed by atoms with van der Waals surface area (Å²) in [5, 5.41) is 12.3. The Morgan fingerprint density at radius 3 is 2.60 bits per heavy atom. The molecular formula is C19H20N4OS. The summed E-state index contributed by atoms with van der Waals surface area (Å²) in [6, 6.07) is 13.8. The largest absolute Gasteiger partial charge is 0.293 e. The Balaban J connectivity index is 1.86. The maximum Gasteiger partial charge on any atom is 0.214 e. The molecule has 0 bridgehead atoms. The Hall–Kier alpha value is -2.47. The van der Waals surface area contributed by atoms with Crippen molar-refractivity contribution in [2.45, 2.75) is 38.1 Å². The highest BCUT2D eigenvalue weighted by Gasteiger charge is 2.22. The second kappa shape index (κ2) is 7.19. The molecular weight excluding hydrogens is 332 g/mol. The number of benzene rings is 2. The van der Waals surface area contributed by atoms with Gasteiger partial charge >= 0.3 is 0 Å². The highest BCUT2D eigenvalue weighted by atomic mass is 32.2. The molecule has 25 heavy (non-hydrogen) atoms. The fourth-order valence-corrected chi connectivity index (χ4v) is 3.51. The van der Waals surface area contributed by atoms with Crippen LogP contribution in [0.5, 0.6) is 0 Å². The summed E-state index contributed by atoms with van der Waals surface area (Å²) in [4.78, 5) is 12.9. The smallest absolute Gasteiger partial charge is 0.214 e. The molecule has 3 aromatic rings. The molecule has 0 unspecified atom stereocenters. The van der Waals surface area contributed by atoms with Gasteiger partial charge in [0.2, 0.25) is 5.16 Å². The molecule has 0 amide bonds. The Morgan fingerprint density at radius 2 is 1.84 bits per heavy atom. The van der Waals surface area contributed by atoms with Gasteiger partial charge < -0.3 is 0 Å². The van der Waals surface area contributed by atoms with E-state index in [9.17, 15) is 4.79 Å². The summed E-state index contributed by atoms with van der Waals surface area (Å²) < 4.78 is 1.69. The number of carbonyl (C=O) groups is 1. The van der Waals surface area contributed by atoms with Gasteiger partial charge in [-0.3, -0.25) is 4.79 Å². The Labute approximate surface area is 151 Å². The predicted octanol–water partition coefficient (Wildman–Crippen LogP) is 3.95. The topological polar surface area (TPSA) is 60.7 Å². The van der Waals surface area contributed by atoms with Gasteiger partial charge in [-0.25, -0.2) is 0 Å². The number of tetrazole rings is 1. The summed E-state index contributed by atoms with van der Waals surface area (Å²) in [6.45, 7) is 7.86. The number of carbonyl (C=O) groups excluding carboxylic acids is 1. The van der Waals surface area contributed by atoms with Crippen LogP contribution >= 0.6 is 11.8 Å². The molecule has 1 aromatic heterocycles. The maximum absolute atomic E-state index is 12.9. The number of aromatic nitrogens is 4. The number of thioether (sulfide) groups is 1. The fourth-order valence-electron chi connectivity index (χ4n) is 2.64. The molecule has 3 rings (SSSR count). The fraction of sp³-hybridized carbons (Fsp3) is 0.263. The van der Waals surface area contributed by atoms with Crippen LogP contribution in [0.3, 0.4) is 0 Å². The van der Waals surface area contributed by atoms with Crippen molar-refractivity contribution >= 4 is 17.5 Å². The van der Waals surface area contributed by atoms with E-state index in [0.717, 1.165) is 27.9 Å². The van der Waals surface area contributed by atoms with Crippen molar-refractivity contribution in [1.29, 1.82) is 0 Å². The molecule has 5 nitrogen and oxygen atoms in total. The van der Waals surface area contributed by atoms with E-state index in [0.29, 0.717) is 5.16 Å². The molecule has 2 aromatic carbocycles. The van der Waals surface area contributed by atoms with Crippen LogP contribution in [-0.2, 0) is 0 Å². The molecule has 0 aliphatic heterocycles. The number of aryl methyl sites for hydroxylation is 3. The molecule has 0 aliphatic rings. The lowest BCUT2D eigenvalue weighted by Crippen LogP contribution is -2.16. The van der Waals surface area contributed by atoms with Crippen molar-refractivity contribution in [2.75, 3.05) is 0 Å². The van der Waals surface area contributed by atoms with Crippen LogP contribution in [0.15, 0.2) is 47.6 Å². The monoisotopic (exact) mass is 352 g/mol. The summed E-state index contributed by atoms with van der Waals surface area (Å²) >= 11 is 1.38. The van der Waals surface area contributed by atoms with Crippen molar-refractivity contribution in [3.8, 4) is 5.69 Å². The first-order valence-electron chi connectivity index (χ1n) is 8.10. The number of para-hydroxylation sites is 1. The third-order valence-corrected chi connectivity index (χ3v) is 5.13. The van der Waals surface area contributed by atoms with Crippen molar-refractivity contribution in [1.82, 2.24) is 20.2 Å². The maximum atomic E-state index is 12.9. The Bertz CT molecular complexity index is 919. The number of hydrogen-bond donors (Lipinski definition) is 0. The minimum atomic E-state index is -0.283. The van der Waals surface area contributed by atoms with Gasteiger partial charge in [0.05, 0.1) is 10.9 Å². The molecule has 0 radical (unpaired) electrons. The van der Waals surface area contributed by atoms with Gasteiger partial charge in [-0.2, -0.15) is 4.68 Å². The second-order valence-corrected chi connectivity index (χ2v) is 7.41.